The highest BCUT2D eigenvalue weighted by Crippen LogP contribution is 2.98. The van der Waals surface area contributed by atoms with E-state index in [1.165, 1.54) is 12.1 Å². The normalized spacial score (nSPS) is 17.3. The molecule has 0 bridgehead atoms. The molecule has 0 saturated heterocycles. The SMILES string of the molecule is CS(F)(F)(F)(F)c1ccc(CN)cc1. The minimum atomic E-state index is -8.01. The summed E-state index contributed by atoms with van der Waals surface area (Å²) < 4.78 is 51.3. The van der Waals surface area contributed by atoms with Gasteiger partial charge in [-0.2, -0.15) is 0 Å². The number of benzene rings is 1. The third kappa shape index (κ3) is 2.62. The van der Waals surface area contributed by atoms with Crippen molar-refractivity contribution >= 4 is 9.84 Å². The van der Waals surface area contributed by atoms with Gasteiger partial charge >= 0.3 is 0 Å². The van der Waals surface area contributed by atoms with Gasteiger partial charge in [0.15, 0.2) is 9.84 Å². The van der Waals surface area contributed by atoms with Crippen molar-refractivity contribution in [1.29, 1.82) is 0 Å². The van der Waals surface area contributed by atoms with E-state index < -0.39 is 14.7 Å². The van der Waals surface area contributed by atoms with Gasteiger partial charge in [0.05, 0.1) is 11.2 Å². The standard InChI is InChI=1S/C8H11F4NS/c1-14(9,10,11,12)8-4-2-7(6-13)3-5-8/h2-5H,6,13H2,1H3. The molecule has 1 aromatic carbocycles. The summed E-state index contributed by atoms with van der Waals surface area (Å²) in [6.07, 6.45) is -0.294. The molecule has 0 heterocycles. The second kappa shape index (κ2) is 2.43. The number of hydrogen-bond acceptors (Lipinski definition) is 1. The summed E-state index contributed by atoms with van der Waals surface area (Å²) in [4.78, 5) is -1.22. The van der Waals surface area contributed by atoms with Crippen LogP contribution in [0.4, 0.5) is 15.5 Å². The maximum Gasteiger partial charge on any atom is 0.184 e. The number of nitrogens with two attached hydrogens (primary N) is 1. The van der Waals surface area contributed by atoms with E-state index in [1.807, 2.05) is 0 Å². The van der Waals surface area contributed by atoms with Crippen LogP contribution in [0.2, 0.25) is 0 Å². The zero-order valence-electron chi connectivity index (χ0n) is 7.51. The van der Waals surface area contributed by atoms with E-state index in [0.29, 0.717) is 5.56 Å². The van der Waals surface area contributed by atoms with Gasteiger partial charge in [-0.25, -0.2) is 0 Å². The van der Waals surface area contributed by atoms with Crippen LogP contribution in [0.25, 0.3) is 0 Å². The van der Waals surface area contributed by atoms with E-state index in [9.17, 15) is 15.5 Å². The smallest absolute Gasteiger partial charge is 0.184 e. The third-order valence-corrected chi connectivity index (χ3v) is 3.21. The Kier molecular flexibility index (Phi) is 1.97. The molecular formula is C8H11F4NS. The summed E-state index contributed by atoms with van der Waals surface area (Å²) >= 11 is 0. The first-order valence-corrected chi connectivity index (χ1v) is 6.27. The molecular weight excluding hydrogens is 218 g/mol. The van der Waals surface area contributed by atoms with Crippen LogP contribution < -0.4 is 5.73 Å². The van der Waals surface area contributed by atoms with Crippen LogP contribution in [0.5, 0.6) is 0 Å². The molecule has 0 spiro atoms. The van der Waals surface area contributed by atoms with Gasteiger partial charge in [0.1, 0.15) is 0 Å². The highest BCUT2D eigenvalue weighted by Gasteiger charge is 2.58. The summed E-state index contributed by atoms with van der Waals surface area (Å²) in [5.41, 5.74) is 5.75. The van der Waals surface area contributed by atoms with Crippen LogP contribution in [-0.4, -0.2) is 6.26 Å². The molecule has 0 atom stereocenters. The van der Waals surface area contributed by atoms with Crippen LogP contribution in [-0.2, 0) is 6.54 Å². The fourth-order valence-electron chi connectivity index (χ4n) is 0.967. The van der Waals surface area contributed by atoms with Crippen molar-refractivity contribution in [2.45, 2.75) is 11.4 Å². The fraction of sp³-hybridized carbons (Fsp3) is 0.250. The van der Waals surface area contributed by atoms with Crippen LogP contribution in [0, 0.1) is 0 Å². The zero-order chi connectivity index (χ0) is 11.1. The molecule has 14 heavy (non-hydrogen) atoms. The Bertz CT molecular complexity index is 339. The van der Waals surface area contributed by atoms with Gasteiger partial charge in [-0.1, -0.05) is 12.1 Å². The van der Waals surface area contributed by atoms with E-state index in [2.05, 4.69) is 0 Å². The molecule has 0 amide bonds. The van der Waals surface area contributed by atoms with Gasteiger partial charge in [0.2, 0.25) is 0 Å². The van der Waals surface area contributed by atoms with E-state index >= 15 is 0 Å². The van der Waals surface area contributed by atoms with Gasteiger partial charge < -0.3 is 5.73 Å². The van der Waals surface area contributed by atoms with Crippen molar-refractivity contribution in [3.63, 3.8) is 0 Å². The molecule has 0 fully saturated rings. The summed E-state index contributed by atoms with van der Waals surface area (Å²) in [6.45, 7) is 0.137. The Morgan fingerprint density at radius 2 is 1.50 bits per heavy atom. The van der Waals surface area contributed by atoms with Crippen molar-refractivity contribution in [2.24, 2.45) is 5.73 Å². The van der Waals surface area contributed by atoms with Gasteiger partial charge in [0.25, 0.3) is 0 Å². The minimum Gasteiger partial charge on any atom is -0.326 e. The lowest BCUT2D eigenvalue weighted by molar-refractivity contribution is 0.458. The van der Waals surface area contributed by atoms with E-state index in [1.54, 1.807) is 0 Å². The number of rotatable bonds is 2. The predicted octanol–water partition coefficient (Wildman–Crippen LogP) is 3.55. The lowest BCUT2D eigenvalue weighted by Crippen LogP contribution is -2.11. The molecule has 82 valence electrons. The highest BCUT2D eigenvalue weighted by atomic mass is 32.5. The van der Waals surface area contributed by atoms with Crippen LogP contribution in [0.3, 0.4) is 0 Å². The first-order chi connectivity index (χ1) is 6.03. The largest absolute Gasteiger partial charge is 0.326 e. The molecule has 0 saturated carbocycles. The lowest BCUT2D eigenvalue weighted by Gasteiger charge is -2.46. The Hall–Kier alpha value is -0.750. The molecule has 2 N–H and O–H groups in total. The summed E-state index contributed by atoms with van der Waals surface area (Å²) in [7, 11) is -8.01. The van der Waals surface area contributed by atoms with E-state index in [-0.39, 0.29) is 12.8 Å². The molecule has 6 heteroatoms. The molecule has 0 unspecified atom stereocenters. The summed E-state index contributed by atoms with van der Waals surface area (Å²) in [5.74, 6) is 0. The Balaban J connectivity index is 3.24. The third-order valence-electron chi connectivity index (χ3n) is 1.75. The Morgan fingerprint density at radius 3 is 1.79 bits per heavy atom. The Morgan fingerprint density at radius 1 is 1.07 bits per heavy atom. The minimum absolute atomic E-state index is 0.137. The van der Waals surface area contributed by atoms with Gasteiger partial charge in [-0.05, 0) is 17.7 Å². The maximum atomic E-state index is 12.8. The topological polar surface area (TPSA) is 26.0 Å². The fourth-order valence-corrected chi connectivity index (χ4v) is 1.79. The molecule has 1 rings (SSSR count). The maximum absolute atomic E-state index is 12.8. The Labute approximate surface area is 79.3 Å². The first kappa shape index (κ1) is 11.3. The van der Waals surface area contributed by atoms with Crippen LogP contribution in [0.15, 0.2) is 29.2 Å². The van der Waals surface area contributed by atoms with E-state index in [0.717, 1.165) is 12.1 Å². The monoisotopic (exact) mass is 229 g/mol. The van der Waals surface area contributed by atoms with E-state index in [4.69, 9.17) is 5.73 Å². The molecule has 1 nitrogen and oxygen atoms in total. The van der Waals surface area contributed by atoms with Crippen LogP contribution in [0.1, 0.15) is 5.56 Å². The summed E-state index contributed by atoms with van der Waals surface area (Å²) in [6, 6.07) is 3.81. The average Bonchev–Trinajstić information content (AvgIpc) is 2.01. The van der Waals surface area contributed by atoms with Gasteiger partial charge in [-0.15, -0.1) is 15.5 Å². The number of hydrogen-bond donors (Lipinski definition) is 1. The molecule has 0 aromatic heterocycles. The molecule has 0 aliphatic heterocycles. The first-order valence-electron chi connectivity index (χ1n) is 3.81. The van der Waals surface area contributed by atoms with Gasteiger partial charge in [-0.3, -0.25) is 0 Å². The predicted molar refractivity (Wildman–Crippen MR) is 50.5 cm³/mol. The average molecular weight is 229 g/mol. The van der Waals surface area contributed by atoms with Crippen molar-refractivity contribution in [1.82, 2.24) is 0 Å². The van der Waals surface area contributed by atoms with Crippen molar-refractivity contribution in [3.8, 4) is 0 Å². The second-order valence-corrected chi connectivity index (χ2v) is 6.76. The van der Waals surface area contributed by atoms with Crippen molar-refractivity contribution in [3.05, 3.63) is 29.8 Å². The molecule has 0 aliphatic carbocycles. The summed E-state index contributed by atoms with van der Waals surface area (Å²) in [5, 5.41) is 0. The number of halogens is 4. The zero-order valence-corrected chi connectivity index (χ0v) is 8.33. The highest BCUT2D eigenvalue weighted by molar-refractivity contribution is 8.49. The molecule has 0 radical (unpaired) electrons. The molecule has 1 aromatic rings. The second-order valence-electron chi connectivity index (χ2n) is 3.33. The quantitative estimate of drug-likeness (QED) is 0.771. The van der Waals surface area contributed by atoms with Crippen LogP contribution >= 0.6 is 9.84 Å². The van der Waals surface area contributed by atoms with Crippen molar-refractivity contribution < 1.29 is 15.5 Å². The lowest BCUT2D eigenvalue weighted by atomic mass is 10.2. The van der Waals surface area contributed by atoms with Gasteiger partial charge in [0, 0.05) is 6.54 Å². The van der Waals surface area contributed by atoms with Crippen molar-refractivity contribution in [2.75, 3.05) is 6.26 Å². The molecule has 0 aliphatic rings.